The van der Waals surface area contributed by atoms with Crippen molar-refractivity contribution in [1.29, 1.82) is 0 Å². The van der Waals surface area contributed by atoms with Crippen LogP contribution in [0.25, 0.3) is 10.9 Å². The second-order valence-electron chi connectivity index (χ2n) is 8.92. The van der Waals surface area contributed by atoms with Gasteiger partial charge in [0, 0.05) is 31.7 Å². The van der Waals surface area contributed by atoms with Crippen LogP contribution in [0.3, 0.4) is 0 Å². The molecule has 3 aromatic rings. The second kappa shape index (κ2) is 11.1. The fourth-order valence-corrected chi connectivity index (χ4v) is 4.24. The number of likely N-dealkylation sites (N-methyl/N-ethyl adjacent to an activating group) is 1. The summed E-state index contributed by atoms with van der Waals surface area (Å²) in [7, 11) is 3.54. The molecule has 2 bridgehead atoms. The van der Waals surface area contributed by atoms with Crippen LogP contribution < -0.4 is 29.6 Å². The zero-order valence-electron chi connectivity index (χ0n) is 21.2. The lowest BCUT2D eigenvalue weighted by molar-refractivity contribution is -0.125. The molecule has 11 heteroatoms. The van der Waals surface area contributed by atoms with E-state index in [2.05, 4.69) is 20.6 Å². The summed E-state index contributed by atoms with van der Waals surface area (Å²) >= 11 is 0. The summed E-state index contributed by atoms with van der Waals surface area (Å²) in [6.07, 6.45) is 2.14. The van der Waals surface area contributed by atoms with Crippen LogP contribution in [-0.4, -0.2) is 74.1 Å². The molecular weight excluding hydrogens is 478 g/mol. The number of carbonyl (C=O) groups excluding carboxylic acids is 1. The van der Waals surface area contributed by atoms with Gasteiger partial charge in [0.05, 0.1) is 30.5 Å². The van der Waals surface area contributed by atoms with E-state index in [1.165, 1.54) is 6.33 Å². The van der Waals surface area contributed by atoms with Gasteiger partial charge < -0.3 is 34.3 Å². The number of amides is 1. The molecule has 196 valence electrons. The minimum Gasteiger partial charge on any atom is -0.490 e. The van der Waals surface area contributed by atoms with Crippen molar-refractivity contribution < 1.29 is 28.5 Å². The Labute approximate surface area is 215 Å². The highest BCUT2D eigenvalue weighted by Crippen LogP contribution is 2.44. The lowest BCUT2D eigenvalue weighted by Crippen LogP contribution is -2.43. The summed E-state index contributed by atoms with van der Waals surface area (Å²) in [6, 6.07) is 7.22. The average Bonchev–Trinajstić information content (AvgIpc) is 3.38. The fourth-order valence-electron chi connectivity index (χ4n) is 4.24. The van der Waals surface area contributed by atoms with Crippen LogP contribution >= 0.6 is 0 Å². The Bertz CT molecular complexity index is 1290. The van der Waals surface area contributed by atoms with Crippen LogP contribution in [0, 0.1) is 0 Å². The van der Waals surface area contributed by atoms with Crippen molar-refractivity contribution in [3.05, 3.63) is 36.2 Å². The number of rotatable bonds is 4. The van der Waals surface area contributed by atoms with Gasteiger partial charge in [-0.15, -0.1) is 0 Å². The normalized spacial score (nSPS) is 18.1. The number of carbonyl (C=O) groups is 1. The number of nitrogens with one attached hydrogen (secondary N) is 2. The lowest BCUT2D eigenvalue weighted by Gasteiger charge is -2.26. The van der Waals surface area contributed by atoms with E-state index in [-0.39, 0.29) is 18.7 Å². The monoisotopic (exact) mass is 509 g/mol. The molecule has 0 saturated heterocycles. The van der Waals surface area contributed by atoms with Crippen LogP contribution in [0.15, 0.2) is 30.6 Å². The third kappa shape index (κ3) is 5.32. The van der Waals surface area contributed by atoms with Gasteiger partial charge in [-0.2, -0.15) is 0 Å². The van der Waals surface area contributed by atoms with E-state index in [4.69, 9.17) is 23.7 Å². The predicted molar refractivity (Wildman–Crippen MR) is 137 cm³/mol. The largest absolute Gasteiger partial charge is 0.490 e. The molecule has 1 amide bonds. The Morgan fingerprint density at radius 3 is 2.89 bits per heavy atom. The number of nitrogens with zero attached hydrogens (tertiary/aromatic N) is 3. The maximum atomic E-state index is 12.8. The molecule has 3 heterocycles. The minimum absolute atomic E-state index is 0.0482. The first-order valence-electron chi connectivity index (χ1n) is 12.2. The van der Waals surface area contributed by atoms with E-state index >= 15 is 0 Å². The number of methoxy groups -OCH3 is 1. The van der Waals surface area contributed by atoms with Crippen LogP contribution in [0.5, 0.6) is 23.0 Å². The first-order valence-corrected chi connectivity index (χ1v) is 12.2. The molecular formula is C26H31N5O6. The van der Waals surface area contributed by atoms with Crippen molar-refractivity contribution in [1.82, 2.24) is 20.2 Å². The highest BCUT2D eigenvalue weighted by Gasteiger charge is 2.25. The average molecular weight is 510 g/mol. The molecule has 0 fully saturated rings. The zero-order chi connectivity index (χ0) is 25.8. The molecule has 11 nitrogen and oxygen atoms in total. The quantitative estimate of drug-likeness (QED) is 0.509. The molecule has 1 atom stereocenters. The third-order valence-corrected chi connectivity index (χ3v) is 6.45. The SMILES string of the molecule is COCCOc1cc2ncnc3c2cc1OCCCNC(=O)[C@H](C)N(C)Cc1ccc2c(c1N3)OCO2. The predicted octanol–water partition coefficient (Wildman–Crippen LogP) is 2.85. The van der Waals surface area contributed by atoms with Crippen molar-refractivity contribution in [3.8, 4) is 23.0 Å². The highest BCUT2D eigenvalue weighted by atomic mass is 16.7. The molecule has 0 spiro atoms. The molecule has 0 aliphatic carbocycles. The molecule has 0 unspecified atom stereocenters. The number of aromatic nitrogens is 2. The van der Waals surface area contributed by atoms with Crippen LogP contribution in [0.2, 0.25) is 0 Å². The van der Waals surface area contributed by atoms with Gasteiger partial charge in [0.25, 0.3) is 0 Å². The maximum absolute atomic E-state index is 12.8. The molecule has 1 aromatic heterocycles. The molecule has 0 radical (unpaired) electrons. The van der Waals surface area contributed by atoms with Crippen LogP contribution in [0.4, 0.5) is 11.5 Å². The van der Waals surface area contributed by atoms with Crippen molar-refractivity contribution >= 4 is 28.3 Å². The molecule has 2 aliphatic rings. The van der Waals surface area contributed by atoms with Crippen molar-refractivity contribution in [2.24, 2.45) is 0 Å². The number of hydrogen-bond acceptors (Lipinski definition) is 10. The summed E-state index contributed by atoms with van der Waals surface area (Å²) in [5.41, 5.74) is 2.35. The first kappa shape index (κ1) is 24.8. The molecule has 0 saturated carbocycles. The second-order valence-corrected chi connectivity index (χ2v) is 8.92. The molecule has 37 heavy (non-hydrogen) atoms. The Morgan fingerprint density at radius 1 is 1.14 bits per heavy atom. The van der Waals surface area contributed by atoms with Gasteiger partial charge in [-0.05, 0) is 38.1 Å². The minimum atomic E-state index is -0.341. The van der Waals surface area contributed by atoms with Gasteiger partial charge >= 0.3 is 0 Å². The van der Waals surface area contributed by atoms with Gasteiger partial charge in [-0.25, -0.2) is 9.97 Å². The first-order chi connectivity index (χ1) is 18.0. The summed E-state index contributed by atoms with van der Waals surface area (Å²) < 4.78 is 28.6. The Hall–Kier alpha value is -3.83. The van der Waals surface area contributed by atoms with Crippen molar-refractivity contribution in [2.75, 3.05) is 52.6 Å². The summed E-state index contributed by atoms with van der Waals surface area (Å²) in [5.74, 6) is 2.91. The maximum Gasteiger partial charge on any atom is 0.237 e. The highest BCUT2D eigenvalue weighted by molar-refractivity contribution is 5.94. The summed E-state index contributed by atoms with van der Waals surface area (Å²) in [5, 5.41) is 7.22. The Kier molecular flexibility index (Phi) is 7.42. The molecule has 2 aliphatic heterocycles. The third-order valence-electron chi connectivity index (χ3n) is 6.45. The van der Waals surface area contributed by atoms with Gasteiger partial charge in [-0.1, -0.05) is 6.07 Å². The van der Waals surface area contributed by atoms with Crippen molar-refractivity contribution in [3.63, 3.8) is 0 Å². The van der Waals surface area contributed by atoms with Crippen LogP contribution in [0.1, 0.15) is 18.9 Å². The number of anilines is 2. The van der Waals surface area contributed by atoms with Crippen LogP contribution in [-0.2, 0) is 16.1 Å². The Balaban J connectivity index is 1.60. The molecule has 5 rings (SSSR count). The van der Waals surface area contributed by atoms with Gasteiger partial charge in [0.2, 0.25) is 12.7 Å². The van der Waals surface area contributed by atoms with Gasteiger partial charge in [-0.3, -0.25) is 9.69 Å². The number of hydrogen-bond donors (Lipinski definition) is 2. The van der Waals surface area contributed by atoms with Gasteiger partial charge in [0.1, 0.15) is 18.8 Å². The van der Waals surface area contributed by atoms with E-state index < -0.39 is 0 Å². The molecule has 2 N–H and O–H groups in total. The summed E-state index contributed by atoms with van der Waals surface area (Å²) in [6.45, 7) is 4.22. The molecule has 2 aromatic carbocycles. The van der Waals surface area contributed by atoms with E-state index in [0.29, 0.717) is 73.7 Å². The topological polar surface area (TPSA) is 116 Å². The summed E-state index contributed by atoms with van der Waals surface area (Å²) in [4.78, 5) is 23.8. The standard InChI is InChI=1S/C26H31N5O6/c1-16-26(32)27-7-4-8-34-21-11-18-19(12-22(21)35-10-9-33-3)28-14-29-25(18)30-23-17(13-31(16)2)5-6-20-24(23)37-15-36-20/h5-6,11-12,14,16H,4,7-10,13,15H2,1-3H3,(H,27,32)(H,28,29,30)/t16-/m0/s1. The number of benzene rings is 2. The van der Waals surface area contributed by atoms with E-state index in [9.17, 15) is 4.79 Å². The van der Waals surface area contributed by atoms with E-state index in [0.717, 1.165) is 16.6 Å². The number of ether oxygens (including phenoxy) is 5. The lowest BCUT2D eigenvalue weighted by atomic mass is 10.1. The Morgan fingerprint density at radius 2 is 2.03 bits per heavy atom. The van der Waals surface area contributed by atoms with Gasteiger partial charge in [0.15, 0.2) is 23.0 Å². The zero-order valence-corrected chi connectivity index (χ0v) is 21.2. The van der Waals surface area contributed by atoms with Crippen molar-refractivity contribution in [2.45, 2.75) is 25.9 Å². The number of fused-ring (bicyclic) bond motifs is 4. The van der Waals surface area contributed by atoms with E-state index in [1.807, 2.05) is 43.1 Å². The fraction of sp³-hybridized carbons (Fsp3) is 0.423. The smallest absolute Gasteiger partial charge is 0.237 e. The van der Waals surface area contributed by atoms with E-state index in [1.54, 1.807) is 7.11 Å².